The van der Waals surface area contributed by atoms with Crippen LogP contribution in [0.2, 0.25) is 0 Å². The number of allylic oxidation sites excluding steroid dienone is 1. The van der Waals surface area contributed by atoms with Crippen molar-refractivity contribution in [2.45, 2.75) is 51.6 Å². The van der Waals surface area contributed by atoms with Crippen LogP contribution in [0.25, 0.3) is 0 Å². The Kier molecular flexibility index (Phi) is 9.20. The van der Waals surface area contributed by atoms with E-state index in [-0.39, 0.29) is 24.0 Å². The zero-order chi connectivity index (χ0) is 15.8. The number of unbranched alkanes of at least 4 members (excludes halogenated alkanes) is 3. The number of aromatic nitrogens is 3. The van der Waals surface area contributed by atoms with E-state index in [9.17, 15) is 0 Å². The summed E-state index contributed by atoms with van der Waals surface area (Å²) in [5.74, 6) is 3.04. The number of hydrogen-bond acceptors (Lipinski definition) is 3. The van der Waals surface area contributed by atoms with Crippen LogP contribution >= 0.6 is 24.0 Å². The maximum absolute atomic E-state index is 4.35. The van der Waals surface area contributed by atoms with Gasteiger partial charge in [0.25, 0.3) is 0 Å². The van der Waals surface area contributed by atoms with Crippen LogP contribution in [0.5, 0.6) is 0 Å². The predicted octanol–water partition coefficient (Wildman–Crippen LogP) is 2.60. The van der Waals surface area contributed by atoms with E-state index in [1.54, 1.807) is 0 Å². The van der Waals surface area contributed by atoms with Gasteiger partial charge in [-0.1, -0.05) is 12.5 Å². The molecule has 7 heteroatoms. The average Bonchev–Trinajstić information content (AvgIpc) is 3.12. The van der Waals surface area contributed by atoms with Crippen LogP contribution in [0.15, 0.2) is 17.6 Å². The Balaban J connectivity index is 0.00000264. The maximum atomic E-state index is 4.35. The van der Waals surface area contributed by atoms with Gasteiger partial charge in [-0.2, -0.15) is 0 Å². The monoisotopic (exact) mass is 432 g/mol. The third-order valence-electron chi connectivity index (χ3n) is 4.07. The molecule has 130 valence electrons. The second-order valence-corrected chi connectivity index (χ2v) is 5.75. The molecule has 1 N–H and O–H groups in total. The van der Waals surface area contributed by atoms with E-state index >= 15 is 0 Å². The number of halogens is 1. The Hall–Kier alpha value is -1.12. The van der Waals surface area contributed by atoms with Gasteiger partial charge in [0.2, 0.25) is 0 Å². The van der Waals surface area contributed by atoms with Gasteiger partial charge in [-0.15, -0.1) is 40.8 Å². The van der Waals surface area contributed by atoms with Gasteiger partial charge in [-0.3, -0.25) is 4.99 Å². The lowest BCUT2D eigenvalue weighted by atomic mass is 10.2. The molecule has 1 aromatic rings. The molecule has 0 spiro atoms. The average molecular weight is 432 g/mol. The molecule has 0 aromatic carbocycles. The quantitative estimate of drug-likeness (QED) is 0.226. The molecule has 6 nitrogen and oxygen atoms in total. The number of nitrogens with one attached hydrogen (secondary N) is 1. The number of fused-ring (bicyclic) bond motifs is 1. The second-order valence-electron chi connectivity index (χ2n) is 5.75. The van der Waals surface area contributed by atoms with Gasteiger partial charge in [0.05, 0.1) is 6.54 Å². The molecule has 0 bridgehead atoms. The number of hydrogen-bond donors (Lipinski definition) is 1. The van der Waals surface area contributed by atoms with E-state index in [2.05, 4.69) is 43.6 Å². The van der Waals surface area contributed by atoms with Crippen LogP contribution in [0.1, 0.15) is 43.8 Å². The van der Waals surface area contributed by atoms with Gasteiger partial charge in [-0.05, 0) is 25.7 Å². The third kappa shape index (κ3) is 5.78. The second kappa shape index (κ2) is 10.6. The van der Waals surface area contributed by atoms with Crippen molar-refractivity contribution >= 4 is 29.9 Å². The van der Waals surface area contributed by atoms with E-state index in [1.165, 1.54) is 25.7 Å². The summed E-state index contributed by atoms with van der Waals surface area (Å²) in [5, 5.41) is 11.9. The molecule has 0 fully saturated rings. The van der Waals surface area contributed by atoms with Crippen LogP contribution in [0.4, 0.5) is 0 Å². The molecule has 2 rings (SSSR count). The molecule has 23 heavy (non-hydrogen) atoms. The van der Waals surface area contributed by atoms with Crippen molar-refractivity contribution in [2.24, 2.45) is 4.99 Å². The summed E-state index contributed by atoms with van der Waals surface area (Å²) in [6, 6.07) is 0. The first kappa shape index (κ1) is 19.9. The Labute approximate surface area is 156 Å². The molecular formula is C16H29IN6. The smallest absolute Gasteiger partial charge is 0.193 e. The number of guanidine groups is 1. The van der Waals surface area contributed by atoms with E-state index < -0.39 is 0 Å². The Morgan fingerprint density at radius 3 is 2.96 bits per heavy atom. The Bertz CT molecular complexity index is 511. The standard InChI is InChI=1S/C16H28N6.HI/c1-4-5-6-7-8-11-21(3)16(17-2)18-13-15-20-19-14-10-9-12-22(14)15;/h4H,1,5-13H2,2-3H3,(H,17,18);1H. The van der Waals surface area contributed by atoms with Gasteiger partial charge in [0.15, 0.2) is 11.8 Å². The fourth-order valence-electron chi connectivity index (χ4n) is 2.80. The number of rotatable bonds is 8. The highest BCUT2D eigenvalue weighted by atomic mass is 127. The van der Waals surface area contributed by atoms with Gasteiger partial charge >= 0.3 is 0 Å². The summed E-state index contributed by atoms with van der Waals surface area (Å²) in [6.07, 6.45) is 8.94. The van der Waals surface area contributed by atoms with Crippen LogP contribution in [-0.2, 0) is 19.5 Å². The van der Waals surface area contributed by atoms with Crippen LogP contribution < -0.4 is 5.32 Å². The largest absolute Gasteiger partial charge is 0.349 e. The zero-order valence-electron chi connectivity index (χ0n) is 14.3. The Morgan fingerprint density at radius 1 is 1.39 bits per heavy atom. The first-order valence-corrected chi connectivity index (χ1v) is 8.20. The van der Waals surface area contributed by atoms with Crippen LogP contribution in [0.3, 0.4) is 0 Å². The molecule has 1 aliphatic rings. The lowest BCUT2D eigenvalue weighted by Crippen LogP contribution is -2.39. The van der Waals surface area contributed by atoms with Gasteiger partial charge < -0.3 is 14.8 Å². The fraction of sp³-hybridized carbons (Fsp3) is 0.688. The number of nitrogens with zero attached hydrogens (tertiary/aromatic N) is 5. The minimum atomic E-state index is 0. The van der Waals surface area contributed by atoms with Crippen LogP contribution in [0, 0.1) is 0 Å². The van der Waals surface area contributed by atoms with E-state index in [1.807, 2.05) is 13.1 Å². The van der Waals surface area contributed by atoms with Crippen LogP contribution in [-0.4, -0.2) is 46.3 Å². The molecule has 1 aliphatic heterocycles. The molecule has 0 amide bonds. The van der Waals surface area contributed by atoms with E-state index in [0.717, 1.165) is 43.5 Å². The first-order chi connectivity index (χ1) is 10.8. The summed E-state index contributed by atoms with van der Waals surface area (Å²) in [7, 11) is 3.90. The summed E-state index contributed by atoms with van der Waals surface area (Å²) >= 11 is 0. The molecule has 0 saturated heterocycles. The molecule has 0 radical (unpaired) electrons. The fourth-order valence-corrected chi connectivity index (χ4v) is 2.80. The number of aryl methyl sites for hydroxylation is 1. The predicted molar refractivity (Wildman–Crippen MR) is 105 cm³/mol. The van der Waals surface area contributed by atoms with Crippen molar-refractivity contribution in [1.82, 2.24) is 25.0 Å². The van der Waals surface area contributed by atoms with Gasteiger partial charge in [0.1, 0.15) is 5.82 Å². The van der Waals surface area contributed by atoms with Crippen molar-refractivity contribution in [1.29, 1.82) is 0 Å². The van der Waals surface area contributed by atoms with Crippen molar-refractivity contribution in [3.63, 3.8) is 0 Å². The minimum absolute atomic E-state index is 0. The molecule has 0 unspecified atom stereocenters. The van der Waals surface area contributed by atoms with Gasteiger partial charge in [0, 0.05) is 33.6 Å². The molecule has 1 aromatic heterocycles. The van der Waals surface area contributed by atoms with E-state index in [4.69, 9.17) is 0 Å². The molecular weight excluding hydrogens is 403 g/mol. The highest BCUT2D eigenvalue weighted by Gasteiger charge is 2.17. The highest BCUT2D eigenvalue weighted by molar-refractivity contribution is 14.0. The molecule has 0 atom stereocenters. The third-order valence-corrected chi connectivity index (χ3v) is 4.07. The van der Waals surface area contributed by atoms with Crippen molar-refractivity contribution < 1.29 is 0 Å². The minimum Gasteiger partial charge on any atom is -0.349 e. The lowest BCUT2D eigenvalue weighted by molar-refractivity contribution is 0.453. The summed E-state index contributed by atoms with van der Waals surface area (Å²) in [5.41, 5.74) is 0. The zero-order valence-corrected chi connectivity index (χ0v) is 16.6. The normalized spacial score (nSPS) is 13.4. The molecule has 0 aliphatic carbocycles. The highest BCUT2D eigenvalue weighted by Crippen LogP contribution is 2.13. The van der Waals surface area contributed by atoms with Crippen molar-refractivity contribution in [3.05, 3.63) is 24.3 Å². The molecule has 0 saturated carbocycles. The van der Waals surface area contributed by atoms with Gasteiger partial charge in [-0.25, -0.2) is 0 Å². The summed E-state index contributed by atoms with van der Waals surface area (Å²) in [4.78, 5) is 6.53. The Morgan fingerprint density at radius 2 is 2.22 bits per heavy atom. The SMILES string of the molecule is C=CCCCCCN(C)C(=NC)NCc1nnc2n1CCC2.I. The molecule has 2 heterocycles. The maximum Gasteiger partial charge on any atom is 0.193 e. The van der Waals surface area contributed by atoms with Crippen molar-refractivity contribution in [3.8, 4) is 0 Å². The van der Waals surface area contributed by atoms with E-state index in [0.29, 0.717) is 6.54 Å². The lowest BCUT2D eigenvalue weighted by Gasteiger charge is -2.21. The topological polar surface area (TPSA) is 58.3 Å². The number of aliphatic imine (C=N–C) groups is 1. The summed E-state index contributed by atoms with van der Waals surface area (Å²) < 4.78 is 2.22. The summed E-state index contributed by atoms with van der Waals surface area (Å²) in [6.45, 7) is 6.48. The van der Waals surface area contributed by atoms with Crippen molar-refractivity contribution in [2.75, 3.05) is 20.6 Å². The first-order valence-electron chi connectivity index (χ1n) is 8.20.